The number of Topliss-reactive ketones (excluding diaryl/α,β-unsaturated/α-hetero) is 1. The molecule has 9 heteroatoms. The van der Waals surface area contributed by atoms with Crippen LogP contribution in [0.25, 0.3) is 0 Å². The molecule has 0 radical (unpaired) electrons. The van der Waals surface area contributed by atoms with Crippen molar-refractivity contribution in [3.05, 3.63) is 35.9 Å². The summed E-state index contributed by atoms with van der Waals surface area (Å²) in [5, 5.41) is 14.0. The van der Waals surface area contributed by atoms with Crippen molar-refractivity contribution in [1.82, 2.24) is 10.6 Å². The number of benzene rings is 1. The van der Waals surface area contributed by atoms with Gasteiger partial charge in [0.05, 0.1) is 12.5 Å². The molecular weight excluding hydrogens is 384 g/mol. The molecule has 3 N–H and O–H groups in total. The summed E-state index contributed by atoms with van der Waals surface area (Å²) in [4.78, 5) is 47.1. The zero-order valence-electron chi connectivity index (χ0n) is 16.3. The SMILES string of the molecule is C[C@H](NC(=O)OCc1ccccc1)C(=O)N[C@@H](CCC(=O)C[S+](C)C)C(=O)O. The summed E-state index contributed by atoms with van der Waals surface area (Å²) in [6.45, 7) is 1.47. The van der Waals surface area contributed by atoms with Gasteiger partial charge in [0, 0.05) is 6.42 Å². The predicted octanol–water partition coefficient (Wildman–Crippen LogP) is 1.10. The first-order valence-corrected chi connectivity index (χ1v) is 11.0. The van der Waals surface area contributed by atoms with Gasteiger partial charge in [0.15, 0.2) is 11.5 Å². The number of carbonyl (C=O) groups excluding carboxylic acids is 3. The van der Waals surface area contributed by atoms with E-state index in [2.05, 4.69) is 10.6 Å². The Kier molecular flexibility index (Phi) is 10.1. The highest BCUT2D eigenvalue weighted by molar-refractivity contribution is 7.96. The van der Waals surface area contributed by atoms with Gasteiger partial charge in [-0.05, 0) is 29.8 Å². The summed E-state index contributed by atoms with van der Waals surface area (Å²) in [6.07, 6.45) is 3.15. The van der Waals surface area contributed by atoms with Crippen LogP contribution in [0.4, 0.5) is 4.79 Å². The lowest BCUT2D eigenvalue weighted by Gasteiger charge is -2.18. The van der Waals surface area contributed by atoms with Gasteiger partial charge < -0.3 is 20.5 Å². The number of ketones is 1. The second-order valence-electron chi connectivity index (χ2n) is 6.53. The largest absolute Gasteiger partial charge is 0.480 e. The van der Waals surface area contributed by atoms with Crippen LogP contribution in [0.1, 0.15) is 25.3 Å². The number of carboxylic acid groups (broad SMARTS) is 1. The van der Waals surface area contributed by atoms with Gasteiger partial charge in [0.2, 0.25) is 5.91 Å². The van der Waals surface area contributed by atoms with E-state index in [4.69, 9.17) is 4.74 Å². The van der Waals surface area contributed by atoms with E-state index in [1.54, 1.807) is 12.1 Å². The summed E-state index contributed by atoms with van der Waals surface area (Å²) in [7, 11) is -0.0577. The fraction of sp³-hybridized carbons (Fsp3) is 0.474. The van der Waals surface area contributed by atoms with Gasteiger partial charge in [-0.1, -0.05) is 30.3 Å². The van der Waals surface area contributed by atoms with Crippen LogP contribution in [0.3, 0.4) is 0 Å². The van der Waals surface area contributed by atoms with Crippen LogP contribution in [-0.2, 0) is 36.6 Å². The van der Waals surface area contributed by atoms with E-state index in [0.717, 1.165) is 5.56 Å². The Hall–Kier alpha value is -2.55. The standard InChI is InChI=1S/C19H26N2O6S/c1-13(20-19(26)27-11-14-7-5-4-6-8-14)17(23)21-16(18(24)25)10-9-15(22)12-28(2)3/h4-8,13,16H,9-12H2,1-3H3,(H2-,20,21,23,24,25,26)/p+1/t13-,16-/m0/s1. The van der Waals surface area contributed by atoms with Crippen molar-refractivity contribution in [2.24, 2.45) is 0 Å². The van der Waals surface area contributed by atoms with Crippen LogP contribution >= 0.6 is 0 Å². The van der Waals surface area contributed by atoms with E-state index in [-0.39, 0.29) is 36.1 Å². The maximum atomic E-state index is 12.2. The van der Waals surface area contributed by atoms with E-state index in [1.165, 1.54) is 6.92 Å². The minimum Gasteiger partial charge on any atom is -0.480 e. The van der Waals surface area contributed by atoms with Crippen molar-refractivity contribution in [2.75, 3.05) is 18.3 Å². The molecule has 2 amide bonds. The molecule has 0 spiro atoms. The number of amides is 2. The number of hydrogen-bond donors (Lipinski definition) is 3. The van der Waals surface area contributed by atoms with Crippen molar-refractivity contribution >= 4 is 34.6 Å². The van der Waals surface area contributed by atoms with Gasteiger partial charge in [-0.3, -0.25) is 9.59 Å². The molecule has 0 unspecified atom stereocenters. The summed E-state index contributed by atoms with van der Waals surface area (Å²) in [5.74, 6) is -1.54. The van der Waals surface area contributed by atoms with Gasteiger partial charge >= 0.3 is 12.1 Å². The molecule has 0 saturated heterocycles. The first-order chi connectivity index (χ1) is 13.2. The van der Waals surface area contributed by atoms with E-state index >= 15 is 0 Å². The number of carboxylic acids is 1. The Balaban J connectivity index is 2.45. The molecular formula is C19H27N2O6S+. The molecule has 0 saturated carbocycles. The molecule has 0 aliphatic carbocycles. The van der Waals surface area contributed by atoms with Crippen molar-refractivity contribution in [3.63, 3.8) is 0 Å². The molecule has 8 nitrogen and oxygen atoms in total. The maximum absolute atomic E-state index is 12.2. The van der Waals surface area contributed by atoms with Crippen LogP contribution in [-0.4, -0.2) is 59.2 Å². The van der Waals surface area contributed by atoms with E-state index < -0.39 is 30.1 Å². The zero-order chi connectivity index (χ0) is 21.1. The molecule has 0 aromatic heterocycles. The summed E-state index contributed by atoms with van der Waals surface area (Å²) < 4.78 is 5.03. The molecule has 154 valence electrons. The Morgan fingerprint density at radius 1 is 1.11 bits per heavy atom. The van der Waals surface area contributed by atoms with Crippen LogP contribution < -0.4 is 10.6 Å². The second-order valence-corrected chi connectivity index (χ2v) is 8.79. The molecule has 0 bridgehead atoms. The van der Waals surface area contributed by atoms with Crippen molar-refractivity contribution in [1.29, 1.82) is 0 Å². The first kappa shape index (κ1) is 23.5. The predicted molar refractivity (Wildman–Crippen MR) is 107 cm³/mol. The number of nitrogens with one attached hydrogen (secondary N) is 2. The third-order valence-electron chi connectivity index (χ3n) is 3.72. The highest BCUT2D eigenvalue weighted by atomic mass is 32.2. The van der Waals surface area contributed by atoms with E-state index in [0.29, 0.717) is 5.75 Å². The van der Waals surface area contributed by atoms with Gasteiger partial charge in [0.1, 0.15) is 18.7 Å². The van der Waals surface area contributed by atoms with Gasteiger partial charge in [-0.2, -0.15) is 0 Å². The average Bonchev–Trinajstić information content (AvgIpc) is 2.63. The maximum Gasteiger partial charge on any atom is 0.408 e. The number of carbonyl (C=O) groups is 4. The molecule has 0 heterocycles. The van der Waals surface area contributed by atoms with Crippen LogP contribution in [0.2, 0.25) is 0 Å². The molecule has 0 aliphatic rings. The van der Waals surface area contributed by atoms with E-state index in [1.807, 2.05) is 30.7 Å². The molecule has 28 heavy (non-hydrogen) atoms. The molecule has 1 rings (SSSR count). The first-order valence-electron chi connectivity index (χ1n) is 8.75. The Morgan fingerprint density at radius 3 is 2.32 bits per heavy atom. The number of alkyl carbamates (subject to hydrolysis) is 1. The number of rotatable bonds is 11. The van der Waals surface area contributed by atoms with E-state index in [9.17, 15) is 24.3 Å². The molecule has 2 atom stereocenters. The Morgan fingerprint density at radius 2 is 1.75 bits per heavy atom. The van der Waals surface area contributed by atoms with Gasteiger partial charge in [-0.15, -0.1) is 0 Å². The number of ether oxygens (including phenoxy) is 1. The van der Waals surface area contributed by atoms with Crippen LogP contribution in [0, 0.1) is 0 Å². The summed E-state index contributed by atoms with van der Waals surface area (Å²) >= 11 is 0. The number of aliphatic carboxylic acids is 1. The lowest BCUT2D eigenvalue weighted by Crippen LogP contribution is -2.50. The van der Waals surface area contributed by atoms with Gasteiger partial charge in [0.25, 0.3) is 0 Å². The normalized spacial score (nSPS) is 12.7. The number of hydrogen-bond acceptors (Lipinski definition) is 5. The molecule has 0 aliphatic heterocycles. The minimum atomic E-state index is -1.23. The smallest absolute Gasteiger partial charge is 0.408 e. The fourth-order valence-corrected chi connectivity index (χ4v) is 3.05. The van der Waals surface area contributed by atoms with Crippen molar-refractivity contribution < 1.29 is 29.0 Å². The fourth-order valence-electron chi connectivity index (χ4n) is 2.26. The Labute approximate surface area is 167 Å². The van der Waals surface area contributed by atoms with Crippen molar-refractivity contribution in [3.8, 4) is 0 Å². The van der Waals surface area contributed by atoms with Gasteiger partial charge in [-0.25, -0.2) is 9.59 Å². The third kappa shape index (κ3) is 9.40. The molecule has 1 aromatic rings. The quantitative estimate of drug-likeness (QED) is 0.469. The highest BCUT2D eigenvalue weighted by Crippen LogP contribution is 2.03. The highest BCUT2D eigenvalue weighted by Gasteiger charge is 2.25. The van der Waals surface area contributed by atoms with Crippen LogP contribution in [0.15, 0.2) is 30.3 Å². The average molecular weight is 412 g/mol. The third-order valence-corrected chi connectivity index (χ3v) is 4.62. The molecule has 0 fully saturated rings. The second kappa shape index (κ2) is 12.0. The lowest BCUT2D eigenvalue weighted by molar-refractivity contribution is -0.142. The lowest BCUT2D eigenvalue weighted by atomic mass is 10.1. The minimum absolute atomic E-state index is 0.00226. The zero-order valence-corrected chi connectivity index (χ0v) is 17.1. The Bertz CT molecular complexity index is 680. The van der Waals surface area contributed by atoms with Crippen LogP contribution in [0.5, 0.6) is 0 Å². The topological polar surface area (TPSA) is 122 Å². The van der Waals surface area contributed by atoms with Crippen molar-refractivity contribution in [2.45, 2.75) is 38.5 Å². The summed E-state index contributed by atoms with van der Waals surface area (Å²) in [6, 6.07) is 6.86. The molecule has 1 aromatic carbocycles. The monoisotopic (exact) mass is 411 g/mol. The summed E-state index contributed by atoms with van der Waals surface area (Å²) in [5.41, 5.74) is 0.798.